The Morgan fingerprint density at radius 1 is 0.889 bits per heavy atom. The standard InChI is InChI=1S/C12H8N2O4/c1-2-14-11(17)7-3-5-6(4-8(7)12(14)18)10(16)13-9(5)15/h3-4H,2H2,1H3,(H,13,15,16). The predicted octanol–water partition coefficient (Wildman–Crippen LogP) is -0.541. The van der Waals surface area contributed by atoms with Crippen molar-refractivity contribution in [2.45, 2.75) is 13.5 Å². The van der Waals surface area contributed by atoms with Crippen LogP contribution in [0, 0.1) is 0 Å². The van der Waals surface area contributed by atoms with E-state index in [2.05, 4.69) is 4.98 Å². The minimum absolute atomic E-state index is 0.151. The van der Waals surface area contributed by atoms with Gasteiger partial charge in [0.2, 0.25) is 0 Å². The van der Waals surface area contributed by atoms with Crippen molar-refractivity contribution in [1.82, 2.24) is 9.55 Å². The number of H-pyrrole nitrogens is 1. The maximum Gasteiger partial charge on any atom is 0.261 e. The normalized spacial score (nSPS) is 11.6. The lowest BCUT2D eigenvalue weighted by Gasteiger charge is -1.88. The number of aromatic amines is 1. The van der Waals surface area contributed by atoms with Gasteiger partial charge in [0.05, 0.1) is 21.5 Å². The van der Waals surface area contributed by atoms with Crippen LogP contribution >= 0.6 is 0 Å². The van der Waals surface area contributed by atoms with Crippen LogP contribution in [0.1, 0.15) is 6.92 Å². The number of hydrogen-bond donors (Lipinski definition) is 1. The Morgan fingerprint density at radius 3 is 1.72 bits per heavy atom. The molecule has 3 aromatic rings. The lowest BCUT2D eigenvalue weighted by molar-refractivity contribution is 0.722. The molecule has 2 heterocycles. The third-order valence-corrected chi connectivity index (χ3v) is 3.14. The Bertz CT molecular complexity index is 908. The van der Waals surface area contributed by atoms with E-state index in [0.29, 0.717) is 0 Å². The van der Waals surface area contributed by atoms with Gasteiger partial charge in [-0.15, -0.1) is 0 Å². The van der Waals surface area contributed by atoms with Gasteiger partial charge in [-0.2, -0.15) is 0 Å². The van der Waals surface area contributed by atoms with E-state index in [4.69, 9.17) is 0 Å². The Morgan fingerprint density at radius 2 is 1.33 bits per heavy atom. The Kier molecular flexibility index (Phi) is 1.92. The van der Waals surface area contributed by atoms with Crippen LogP contribution in [0.4, 0.5) is 0 Å². The molecule has 90 valence electrons. The van der Waals surface area contributed by atoms with Gasteiger partial charge in [-0.1, -0.05) is 0 Å². The van der Waals surface area contributed by atoms with Gasteiger partial charge in [0.25, 0.3) is 22.2 Å². The van der Waals surface area contributed by atoms with Crippen LogP contribution in [0.2, 0.25) is 0 Å². The van der Waals surface area contributed by atoms with Crippen molar-refractivity contribution in [2.75, 3.05) is 0 Å². The number of nitrogens with zero attached hydrogens (tertiary/aromatic N) is 1. The first kappa shape index (κ1) is 10.6. The number of nitrogens with one attached hydrogen (secondary N) is 1. The number of hydrogen-bond acceptors (Lipinski definition) is 4. The quantitative estimate of drug-likeness (QED) is 0.622. The SMILES string of the molecule is CCn1c(=O)c2cc3c(=O)[nH]c(=O)c3cc2c1=O. The van der Waals surface area contributed by atoms with Crippen molar-refractivity contribution in [3.8, 4) is 0 Å². The molecule has 0 aliphatic rings. The average molecular weight is 244 g/mol. The molecule has 0 fully saturated rings. The second-order valence-electron chi connectivity index (χ2n) is 4.08. The molecule has 2 aromatic heterocycles. The Hall–Kier alpha value is -2.50. The Balaban J connectivity index is 2.70. The predicted molar refractivity (Wildman–Crippen MR) is 66.9 cm³/mol. The lowest BCUT2D eigenvalue weighted by Crippen LogP contribution is -2.24. The van der Waals surface area contributed by atoms with Gasteiger partial charge in [-0.05, 0) is 19.1 Å². The second-order valence-corrected chi connectivity index (χ2v) is 4.08. The number of aromatic nitrogens is 2. The molecule has 0 spiro atoms. The summed E-state index contributed by atoms with van der Waals surface area (Å²) in [6, 6.07) is 2.64. The first-order valence-electron chi connectivity index (χ1n) is 5.44. The molecule has 0 atom stereocenters. The molecular formula is C12H8N2O4. The highest BCUT2D eigenvalue weighted by Crippen LogP contribution is 2.13. The molecule has 3 rings (SSSR count). The smallest absolute Gasteiger partial charge is 0.261 e. The summed E-state index contributed by atoms with van der Waals surface area (Å²) in [6.07, 6.45) is 0. The zero-order valence-electron chi connectivity index (χ0n) is 9.44. The summed E-state index contributed by atoms with van der Waals surface area (Å²) in [4.78, 5) is 48.9. The van der Waals surface area contributed by atoms with Crippen molar-refractivity contribution >= 4 is 21.5 Å². The van der Waals surface area contributed by atoms with E-state index < -0.39 is 22.2 Å². The van der Waals surface area contributed by atoms with Crippen molar-refractivity contribution in [2.24, 2.45) is 0 Å². The minimum Gasteiger partial charge on any atom is -0.288 e. The highest BCUT2D eigenvalue weighted by molar-refractivity contribution is 5.97. The fourth-order valence-corrected chi connectivity index (χ4v) is 2.24. The minimum atomic E-state index is -0.534. The summed E-state index contributed by atoms with van der Waals surface area (Å²) in [7, 11) is 0. The van der Waals surface area contributed by atoms with Gasteiger partial charge in [0, 0.05) is 6.54 Å². The lowest BCUT2D eigenvalue weighted by atomic mass is 10.1. The maximum absolute atomic E-state index is 11.9. The molecule has 1 N–H and O–H groups in total. The van der Waals surface area contributed by atoms with E-state index in [0.717, 1.165) is 4.57 Å². The maximum atomic E-state index is 11.9. The second kappa shape index (κ2) is 3.25. The molecule has 0 bridgehead atoms. The van der Waals surface area contributed by atoms with Crippen LogP contribution in [0.15, 0.2) is 31.3 Å². The fraction of sp³-hybridized carbons (Fsp3) is 0.167. The van der Waals surface area contributed by atoms with Crippen LogP contribution in [0.5, 0.6) is 0 Å². The van der Waals surface area contributed by atoms with E-state index in [9.17, 15) is 19.2 Å². The van der Waals surface area contributed by atoms with E-state index in [1.807, 2.05) is 0 Å². The molecule has 18 heavy (non-hydrogen) atoms. The largest absolute Gasteiger partial charge is 0.288 e. The molecule has 0 radical (unpaired) electrons. The molecule has 6 heteroatoms. The van der Waals surface area contributed by atoms with Crippen molar-refractivity contribution < 1.29 is 0 Å². The molecular weight excluding hydrogens is 236 g/mol. The van der Waals surface area contributed by atoms with Gasteiger partial charge in [-0.25, -0.2) is 0 Å². The molecule has 1 aromatic carbocycles. The highest BCUT2D eigenvalue weighted by atomic mass is 16.2. The molecule has 0 aliphatic heterocycles. The molecule has 0 amide bonds. The van der Waals surface area contributed by atoms with E-state index in [1.54, 1.807) is 6.92 Å². The highest BCUT2D eigenvalue weighted by Gasteiger charge is 2.15. The van der Waals surface area contributed by atoms with Crippen molar-refractivity contribution in [1.29, 1.82) is 0 Å². The third-order valence-electron chi connectivity index (χ3n) is 3.14. The van der Waals surface area contributed by atoms with Gasteiger partial charge in [0.1, 0.15) is 0 Å². The number of rotatable bonds is 1. The van der Waals surface area contributed by atoms with Crippen LogP contribution in [-0.4, -0.2) is 9.55 Å². The zero-order valence-corrected chi connectivity index (χ0v) is 9.44. The van der Waals surface area contributed by atoms with E-state index in [-0.39, 0.29) is 28.1 Å². The first-order chi connectivity index (χ1) is 8.54. The fourth-order valence-electron chi connectivity index (χ4n) is 2.24. The van der Waals surface area contributed by atoms with Gasteiger partial charge in [0.15, 0.2) is 0 Å². The summed E-state index contributed by atoms with van der Waals surface area (Å²) in [6.45, 7) is 1.95. The monoisotopic (exact) mass is 244 g/mol. The van der Waals surface area contributed by atoms with Crippen molar-refractivity contribution in [3.05, 3.63) is 53.5 Å². The van der Waals surface area contributed by atoms with Gasteiger partial charge < -0.3 is 0 Å². The average Bonchev–Trinajstić information content (AvgIpc) is 2.75. The van der Waals surface area contributed by atoms with Gasteiger partial charge >= 0.3 is 0 Å². The van der Waals surface area contributed by atoms with E-state index >= 15 is 0 Å². The van der Waals surface area contributed by atoms with Crippen molar-refractivity contribution in [3.63, 3.8) is 0 Å². The molecule has 0 saturated carbocycles. The van der Waals surface area contributed by atoms with Gasteiger partial charge in [-0.3, -0.25) is 28.7 Å². The molecule has 0 unspecified atom stereocenters. The summed E-state index contributed by atoms with van der Waals surface area (Å²) in [5.74, 6) is 0. The summed E-state index contributed by atoms with van der Waals surface area (Å²) in [5, 5.41) is 0.673. The van der Waals surface area contributed by atoms with Crippen LogP contribution in [-0.2, 0) is 6.54 Å². The summed E-state index contributed by atoms with van der Waals surface area (Å²) >= 11 is 0. The summed E-state index contributed by atoms with van der Waals surface area (Å²) < 4.78 is 1.09. The Labute approximate surface area is 98.8 Å². The first-order valence-corrected chi connectivity index (χ1v) is 5.44. The van der Waals surface area contributed by atoms with E-state index in [1.165, 1.54) is 12.1 Å². The van der Waals surface area contributed by atoms with Crippen LogP contribution in [0.25, 0.3) is 21.5 Å². The molecule has 6 nitrogen and oxygen atoms in total. The summed E-state index contributed by atoms with van der Waals surface area (Å²) in [5.41, 5.74) is -1.92. The van der Waals surface area contributed by atoms with Crippen LogP contribution in [0.3, 0.4) is 0 Å². The van der Waals surface area contributed by atoms with Crippen LogP contribution < -0.4 is 22.2 Å². The number of fused-ring (bicyclic) bond motifs is 2. The number of benzene rings is 1. The third kappa shape index (κ3) is 1.11. The molecule has 0 aliphatic carbocycles. The zero-order chi connectivity index (χ0) is 13.0. The molecule has 0 saturated heterocycles. The topological polar surface area (TPSA) is 89.0 Å².